The summed E-state index contributed by atoms with van der Waals surface area (Å²) in [6.45, 7) is 2.10. The third-order valence-corrected chi connectivity index (χ3v) is 6.63. The Bertz CT molecular complexity index is 1220. The van der Waals surface area contributed by atoms with E-state index >= 15 is 0 Å². The van der Waals surface area contributed by atoms with Gasteiger partial charge >= 0.3 is 0 Å². The fourth-order valence-corrected chi connectivity index (χ4v) is 4.89. The summed E-state index contributed by atoms with van der Waals surface area (Å²) in [5.41, 5.74) is 1.50. The van der Waals surface area contributed by atoms with Crippen LogP contribution in [0.2, 0.25) is 5.02 Å². The molecule has 2 heterocycles. The standard InChI is InChI=1S/C22H21ClN4O4S/c23-18-5-1-2-6-19(18)26-32(29,30)21-14-17(25-22(28)16-4-3-9-24-15-16)7-8-20(21)27-10-12-31-13-11-27/h1-9,14-15,26H,10-13H2,(H,25,28). The van der Waals surface area contributed by atoms with E-state index in [1.165, 1.54) is 12.3 Å². The number of anilines is 3. The minimum Gasteiger partial charge on any atom is -0.378 e. The Kier molecular flexibility index (Phi) is 6.59. The lowest BCUT2D eigenvalue weighted by atomic mass is 10.2. The average Bonchev–Trinajstić information content (AvgIpc) is 2.81. The number of para-hydroxylation sites is 1. The molecule has 1 fully saturated rings. The number of sulfonamides is 1. The van der Waals surface area contributed by atoms with Gasteiger partial charge in [0.05, 0.1) is 35.2 Å². The summed E-state index contributed by atoms with van der Waals surface area (Å²) in [6.07, 6.45) is 3.01. The lowest BCUT2D eigenvalue weighted by Gasteiger charge is -2.30. The molecule has 3 aromatic rings. The third kappa shape index (κ3) is 5.01. The molecule has 0 unspecified atom stereocenters. The second-order valence-corrected chi connectivity index (χ2v) is 9.12. The summed E-state index contributed by atoms with van der Waals surface area (Å²) in [5, 5.41) is 3.02. The number of carbonyl (C=O) groups excluding carboxylic acids is 1. The van der Waals surface area contributed by atoms with Crippen LogP contribution in [0.5, 0.6) is 0 Å². The molecule has 166 valence electrons. The van der Waals surface area contributed by atoms with Gasteiger partial charge in [-0.15, -0.1) is 0 Å². The molecule has 1 aliphatic heterocycles. The van der Waals surface area contributed by atoms with E-state index in [1.54, 1.807) is 54.7 Å². The molecular formula is C22H21ClN4O4S. The van der Waals surface area contributed by atoms with E-state index in [1.807, 2.05) is 4.90 Å². The number of carbonyl (C=O) groups is 1. The minimum atomic E-state index is -4.02. The largest absolute Gasteiger partial charge is 0.378 e. The van der Waals surface area contributed by atoms with Crippen molar-refractivity contribution in [2.24, 2.45) is 0 Å². The summed E-state index contributed by atoms with van der Waals surface area (Å²) in [4.78, 5) is 18.4. The second-order valence-electron chi connectivity index (χ2n) is 7.06. The van der Waals surface area contributed by atoms with Crippen molar-refractivity contribution in [1.29, 1.82) is 0 Å². The quantitative estimate of drug-likeness (QED) is 0.568. The minimum absolute atomic E-state index is 0.0308. The van der Waals surface area contributed by atoms with E-state index in [4.69, 9.17) is 16.3 Å². The van der Waals surface area contributed by atoms with Crippen LogP contribution in [-0.2, 0) is 14.8 Å². The molecule has 1 aromatic heterocycles. The van der Waals surface area contributed by atoms with Crippen molar-refractivity contribution in [3.05, 3.63) is 77.6 Å². The Morgan fingerprint density at radius 3 is 2.56 bits per heavy atom. The zero-order valence-corrected chi connectivity index (χ0v) is 18.6. The molecule has 0 aliphatic carbocycles. The number of nitrogens with zero attached hydrogens (tertiary/aromatic N) is 2. The zero-order valence-electron chi connectivity index (χ0n) is 17.0. The molecular weight excluding hydrogens is 452 g/mol. The Balaban J connectivity index is 1.70. The Labute approximate surface area is 191 Å². The molecule has 10 heteroatoms. The van der Waals surface area contributed by atoms with Crippen LogP contribution >= 0.6 is 11.6 Å². The molecule has 0 atom stereocenters. The number of morpholine rings is 1. The summed E-state index contributed by atoms with van der Waals surface area (Å²) in [7, 11) is -4.02. The monoisotopic (exact) mass is 472 g/mol. The van der Waals surface area contributed by atoms with Gasteiger partial charge in [-0.3, -0.25) is 14.5 Å². The first kappa shape index (κ1) is 22.1. The van der Waals surface area contributed by atoms with E-state index in [0.717, 1.165) is 0 Å². The van der Waals surface area contributed by atoms with Crippen LogP contribution in [0.15, 0.2) is 71.9 Å². The van der Waals surface area contributed by atoms with Crippen LogP contribution in [0.4, 0.5) is 17.1 Å². The number of pyridine rings is 1. The van der Waals surface area contributed by atoms with Crippen LogP contribution in [0.25, 0.3) is 0 Å². The van der Waals surface area contributed by atoms with Crippen molar-refractivity contribution in [2.75, 3.05) is 41.2 Å². The number of hydrogen-bond donors (Lipinski definition) is 2. The van der Waals surface area contributed by atoms with E-state index in [0.29, 0.717) is 43.2 Å². The molecule has 32 heavy (non-hydrogen) atoms. The van der Waals surface area contributed by atoms with E-state index in [9.17, 15) is 13.2 Å². The van der Waals surface area contributed by atoms with Crippen LogP contribution in [0.1, 0.15) is 10.4 Å². The molecule has 0 radical (unpaired) electrons. The smallest absolute Gasteiger partial charge is 0.264 e. The van der Waals surface area contributed by atoms with Crippen LogP contribution < -0.4 is 14.9 Å². The van der Waals surface area contributed by atoms with Gasteiger partial charge in [0.25, 0.3) is 15.9 Å². The number of hydrogen-bond acceptors (Lipinski definition) is 6. The van der Waals surface area contributed by atoms with Gasteiger partial charge in [-0.2, -0.15) is 0 Å². The summed E-state index contributed by atoms with van der Waals surface area (Å²) >= 11 is 6.16. The Hall–Kier alpha value is -3.14. The normalized spacial score (nSPS) is 14.1. The lowest BCUT2D eigenvalue weighted by molar-refractivity contribution is 0.102. The van der Waals surface area contributed by atoms with Crippen molar-refractivity contribution in [3.8, 4) is 0 Å². The highest BCUT2D eigenvalue weighted by atomic mass is 35.5. The first-order valence-corrected chi connectivity index (χ1v) is 11.8. The van der Waals surface area contributed by atoms with Gasteiger partial charge in [0, 0.05) is 31.2 Å². The highest BCUT2D eigenvalue weighted by molar-refractivity contribution is 7.93. The van der Waals surface area contributed by atoms with Gasteiger partial charge in [0.15, 0.2) is 0 Å². The van der Waals surface area contributed by atoms with Crippen molar-refractivity contribution in [2.45, 2.75) is 4.90 Å². The fourth-order valence-electron chi connectivity index (χ4n) is 3.32. The van der Waals surface area contributed by atoms with Crippen molar-refractivity contribution < 1.29 is 17.9 Å². The molecule has 1 saturated heterocycles. The maximum Gasteiger partial charge on any atom is 0.264 e. The van der Waals surface area contributed by atoms with Crippen LogP contribution in [0, 0.1) is 0 Å². The summed E-state index contributed by atoms with van der Waals surface area (Å²) < 4.78 is 34.7. The molecule has 0 spiro atoms. The number of nitrogens with one attached hydrogen (secondary N) is 2. The highest BCUT2D eigenvalue weighted by Crippen LogP contribution is 2.32. The SMILES string of the molecule is O=C(Nc1ccc(N2CCOCC2)c(S(=O)(=O)Nc2ccccc2Cl)c1)c1cccnc1. The first-order valence-electron chi connectivity index (χ1n) is 9.89. The summed E-state index contributed by atoms with van der Waals surface area (Å²) in [5.74, 6) is -0.389. The molecule has 8 nitrogen and oxygen atoms in total. The maximum absolute atomic E-state index is 13.4. The van der Waals surface area contributed by atoms with Crippen LogP contribution in [-0.4, -0.2) is 45.6 Å². The predicted octanol–water partition coefficient (Wildman–Crippen LogP) is 3.62. The van der Waals surface area contributed by atoms with E-state index < -0.39 is 10.0 Å². The number of amides is 1. The number of halogens is 1. The molecule has 1 aliphatic rings. The van der Waals surface area contributed by atoms with Gasteiger partial charge in [0.1, 0.15) is 4.90 Å². The highest BCUT2D eigenvalue weighted by Gasteiger charge is 2.25. The Morgan fingerprint density at radius 1 is 1.06 bits per heavy atom. The third-order valence-electron chi connectivity index (χ3n) is 4.90. The molecule has 4 rings (SSSR count). The zero-order chi connectivity index (χ0) is 22.6. The Morgan fingerprint density at radius 2 is 1.84 bits per heavy atom. The van der Waals surface area contributed by atoms with Gasteiger partial charge in [-0.25, -0.2) is 8.42 Å². The van der Waals surface area contributed by atoms with Crippen molar-refractivity contribution in [3.63, 3.8) is 0 Å². The van der Waals surface area contributed by atoms with Crippen LogP contribution in [0.3, 0.4) is 0 Å². The topological polar surface area (TPSA) is 101 Å². The predicted molar refractivity (Wildman–Crippen MR) is 124 cm³/mol. The number of benzene rings is 2. The van der Waals surface area contributed by atoms with E-state index in [2.05, 4.69) is 15.0 Å². The molecule has 0 bridgehead atoms. The second kappa shape index (κ2) is 9.56. The van der Waals surface area contributed by atoms with Crippen molar-refractivity contribution in [1.82, 2.24) is 4.98 Å². The van der Waals surface area contributed by atoms with Gasteiger partial charge in [-0.05, 0) is 42.5 Å². The van der Waals surface area contributed by atoms with E-state index in [-0.39, 0.29) is 21.5 Å². The maximum atomic E-state index is 13.4. The average molecular weight is 473 g/mol. The number of aromatic nitrogens is 1. The first-order chi connectivity index (χ1) is 15.4. The fraction of sp³-hybridized carbons (Fsp3) is 0.182. The van der Waals surface area contributed by atoms with Gasteiger partial charge < -0.3 is 15.0 Å². The molecule has 1 amide bonds. The molecule has 2 aromatic carbocycles. The van der Waals surface area contributed by atoms with Gasteiger partial charge in [-0.1, -0.05) is 23.7 Å². The van der Waals surface area contributed by atoms with Crippen molar-refractivity contribution >= 4 is 44.6 Å². The molecule has 0 saturated carbocycles. The number of rotatable bonds is 6. The summed E-state index contributed by atoms with van der Waals surface area (Å²) in [6, 6.07) is 14.7. The lowest BCUT2D eigenvalue weighted by Crippen LogP contribution is -2.37. The number of ether oxygens (including phenoxy) is 1. The van der Waals surface area contributed by atoms with Gasteiger partial charge in [0.2, 0.25) is 0 Å². The molecule has 2 N–H and O–H groups in total.